The average Bonchev–Trinajstić information content (AvgIpc) is 1.41. The largest absolute Gasteiger partial charge is 0.422 e. The summed E-state index contributed by atoms with van der Waals surface area (Å²) in [5, 5.41) is 0. The van der Waals surface area contributed by atoms with Crippen LogP contribution < -0.4 is 0 Å². The smallest absolute Gasteiger partial charge is 0.297 e. The lowest BCUT2D eigenvalue weighted by molar-refractivity contribution is -0.120. The molecule has 0 aromatic heterocycles. The van der Waals surface area contributed by atoms with Crippen LogP contribution in [0.3, 0.4) is 0 Å². The van der Waals surface area contributed by atoms with E-state index < -0.39 is 9.03 Å². The van der Waals surface area contributed by atoms with Crippen LogP contribution in [0.1, 0.15) is 0 Å². The molecule has 0 amide bonds. The van der Waals surface area contributed by atoms with Crippen molar-refractivity contribution in [2.45, 2.75) is 0 Å². The molecule has 3 nitrogen and oxygen atoms in total. The second-order valence-corrected chi connectivity index (χ2v) is 0.724. The van der Waals surface area contributed by atoms with Crippen LogP contribution in [0, 0.1) is 0 Å². The van der Waals surface area contributed by atoms with Crippen molar-refractivity contribution in [3.63, 3.8) is 0 Å². The minimum Gasteiger partial charge on any atom is -0.422 e. The molecule has 0 aromatic rings. The Bertz CT molecular complexity index is 28.1. The van der Waals surface area contributed by atoms with Crippen molar-refractivity contribution in [2.75, 3.05) is 0 Å². The summed E-state index contributed by atoms with van der Waals surface area (Å²) in [6.45, 7) is 0.193. The average molecular weight is 94.0 g/mol. The lowest BCUT2D eigenvalue weighted by Gasteiger charge is -1.77. The Morgan fingerprint density at radius 3 is 2.60 bits per heavy atom. The number of hydrogen-bond acceptors (Lipinski definition) is 3. The Morgan fingerprint density at radius 2 is 2.60 bits per heavy atom. The first-order chi connectivity index (χ1) is 2.41. The summed E-state index contributed by atoms with van der Waals surface area (Å²) < 4.78 is 3.74. The molecule has 0 bridgehead atoms. The van der Waals surface area contributed by atoms with Crippen LogP contribution in [0.25, 0.3) is 0 Å². The van der Waals surface area contributed by atoms with Gasteiger partial charge in [-0.15, -0.1) is 0 Å². The molecule has 0 radical (unpaired) electrons. The Kier molecular flexibility index (Phi) is 3.75. The fourth-order valence-electron chi connectivity index (χ4n) is 0.0215. The molecular formula is CH3O3P. The normalized spacial score (nSPS) is 9.00. The predicted molar refractivity (Wildman–Crippen MR) is 17.7 cm³/mol. The molecule has 0 aromatic carbocycles. The van der Waals surface area contributed by atoms with Gasteiger partial charge in [-0.05, 0) is 0 Å². The molecule has 30 valence electrons. The third kappa shape index (κ3) is 3.86. The summed E-state index contributed by atoms with van der Waals surface area (Å²) in [4.78, 5) is 16.7. The molecule has 0 saturated carbocycles. The van der Waals surface area contributed by atoms with E-state index in [9.17, 15) is 0 Å². The Morgan fingerprint density at radius 1 is 2.00 bits per heavy atom. The number of carbonyl (C=O) groups excluding carboxylic acids is 1. The van der Waals surface area contributed by atoms with Gasteiger partial charge in [-0.3, -0.25) is 4.79 Å². The summed E-state index contributed by atoms with van der Waals surface area (Å²) in [7, 11) is -0.710. The van der Waals surface area contributed by atoms with E-state index in [2.05, 4.69) is 4.52 Å². The lowest BCUT2D eigenvalue weighted by atomic mass is 11.7. The summed E-state index contributed by atoms with van der Waals surface area (Å²) in [6.07, 6.45) is 0. The van der Waals surface area contributed by atoms with Gasteiger partial charge in [-0.1, -0.05) is 0 Å². The van der Waals surface area contributed by atoms with E-state index in [1.165, 1.54) is 0 Å². The van der Waals surface area contributed by atoms with Gasteiger partial charge in [0.25, 0.3) is 6.47 Å². The molecule has 0 spiro atoms. The molecule has 0 aliphatic heterocycles. The molecule has 5 heavy (non-hydrogen) atoms. The monoisotopic (exact) mass is 94.0 g/mol. The van der Waals surface area contributed by atoms with Gasteiger partial charge in [0, 0.05) is 0 Å². The van der Waals surface area contributed by atoms with Gasteiger partial charge in [0.05, 0.1) is 0 Å². The lowest BCUT2D eigenvalue weighted by Crippen LogP contribution is -1.63. The minimum atomic E-state index is -0.710. The van der Waals surface area contributed by atoms with Crippen LogP contribution in [-0.2, 0) is 9.32 Å². The molecule has 0 fully saturated rings. The van der Waals surface area contributed by atoms with E-state index in [1.54, 1.807) is 0 Å². The molecule has 0 aliphatic carbocycles. The molecule has 0 rings (SSSR count). The maximum absolute atomic E-state index is 9.03. The molecule has 0 aliphatic rings. The van der Waals surface area contributed by atoms with Crippen LogP contribution in [-0.4, -0.2) is 11.4 Å². The number of carbonyl (C=O) groups is 1. The van der Waals surface area contributed by atoms with Gasteiger partial charge >= 0.3 is 0 Å². The third-order valence-electron chi connectivity index (χ3n) is 0.101. The highest BCUT2D eigenvalue weighted by molar-refractivity contribution is 7.25. The fraction of sp³-hybridized carbons (Fsp3) is 0. The van der Waals surface area contributed by atoms with E-state index in [4.69, 9.17) is 9.69 Å². The minimum absolute atomic E-state index is 0.193. The fourth-order valence-corrected chi connectivity index (χ4v) is 0.0645. The molecule has 1 atom stereocenters. The van der Waals surface area contributed by atoms with E-state index in [0.717, 1.165) is 0 Å². The van der Waals surface area contributed by atoms with E-state index in [0.29, 0.717) is 0 Å². The zero-order chi connectivity index (χ0) is 4.12. The van der Waals surface area contributed by atoms with Crippen molar-refractivity contribution in [3.8, 4) is 0 Å². The molecule has 4 heteroatoms. The van der Waals surface area contributed by atoms with E-state index >= 15 is 0 Å². The van der Waals surface area contributed by atoms with Crippen LogP contribution in [0.5, 0.6) is 0 Å². The van der Waals surface area contributed by atoms with Gasteiger partial charge in [-0.25, -0.2) is 0 Å². The highest BCUT2D eigenvalue weighted by Gasteiger charge is 1.63. The zero-order valence-electron chi connectivity index (χ0n) is 2.34. The molecular weight excluding hydrogens is 91.0 g/mol. The van der Waals surface area contributed by atoms with E-state index in [1.807, 2.05) is 0 Å². The Hall–Kier alpha value is -0.140. The van der Waals surface area contributed by atoms with E-state index in [-0.39, 0.29) is 6.47 Å². The number of rotatable bonds is 2. The Balaban J connectivity index is 2.40. The second-order valence-electron chi connectivity index (χ2n) is 0.305. The maximum Gasteiger partial charge on any atom is 0.297 e. The first kappa shape index (κ1) is 4.86. The van der Waals surface area contributed by atoms with Crippen molar-refractivity contribution in [2.24, 2.45) is 0 Å². The van der Waals surface area contributed by atoms with Crippen LogP contribution in [0.2, 0.25) is 0 Å². The first-order valence-electron chi connectivity index (χ1n) is 0.899. The third-order valence-corrected chi connectivity index (χ3v) is 0.302. The molecule has 0 heterocycles. The summed E-state index contributed by atoms with van der Waals surface area (Å²) in [5.74, 6) is 0. The summed E-state index contributed by atoms with van der Waals surface area (Å²) in [5.41, 5.74) is 0. The highest BCUT2D eigenvalue weighted by Crippen LogP contribution is 1.96. The molecule has 0 saturated heterocycles. The quantitative estimate of drug-likeness (QED) is 0.376. The standard InChI is InChI=1S/CH3O3P/c2-1-4-5-3/h1,3,5H. The predicted octanol–water partition coefficient (Wildman–Crippen LogP) is -0.340. The van der Waals surface area contributed by atoms with Crippen LogP contribution in [0.15, 0.2) is 0 Å². The van der Waals surface area contributed by atoms with Gasteiger partial charge in [0.1, 0.15) is 0 Å². The summed E-state index contributed by atoms with van der Waals surface area (Å²) >= 11 is 0. The SMILES string of the molecule is O=COPO. The van der Waals surface area contributed by atoms with Gasteiger partial charge in [-0.2, -0.15) is 0 Å². The molecule has 1 unspecified atom stereocenters. The van der Waals surface area contributed by atoms with Gasteiger partial charge < -0.3 is 9.42 Å². The Labute approximate surface area is 30.9 Å². The summed E-state index contributed by atoms with van der Waals surface area (Å²) in [6, 6.07) is 0. The highest BCUT2D eigenvalue weighted by atomic mass is 31.1. The van der Waals surface area contributed by atoms with Gasteiger partial charge in [0.15, 0.2) is 0 Å². The van der Waals surface area contributed by atoms with Crippen LogP contribution >= 0.6 is 9.03 Å². The topological polar surface area (TPSA) is 46.5 Å². The van der Waals surface area contributed by atoms with Crippen molar-refractivity contribution < 1.29 is 14.2 Å². The van der Waals surface area contributed by atoms with Crippen molar-refractivity contribution in [1.29, 1.82) is 0 Å². The zero-order valence-corrected chi connectivity index (χ0v) is 3.34. The maximum atomic E-state index is 9.03. The number of hydrogen-bond donors (Lipinski definition) is 1. The van der Waals surface area contributed by atoms with Crippen LogP contribution in [0.4, 0.5) is 0 Å². The van der Waals surface area contributed by atoms with Gasteiger partial charge in [0.2, 0.25) is 9.03 Å². The van der Waals surface area contributed by atoms with Crippen molar-refractivity contribution in [1.82, 2.24) is 0 Å². The van der Waals surface area contributed by atoms with Crippen molar-refractivity contribution >= 4 is 15.5 Å². The second kappa shape index (κ2) is 3.86. The molecule has 1 N–H and O–H groups in total. The van der Waals surface area contributed by atoms with Crippen molar-refractivity contribution in [3.05, 3.63) is 0 Å². The first-order valence-corrected chi connectivity index (χ1v) is 1.75.